The van der Waals surface area contributed by atoms with Gasteiger partial charge in [0, 0.05) is 13.2 Å². The Morgan fingerprint density at radius 3 is 1.91 bits per heavy atom. The van der Waals surface area contributed by atoms with Gasteiger partial charge in [0.1, 0.15) is 0 Å². The van der Waals surface area contributed by atoms with Gasteiger partial charge < -0.3 is 9.31 Å². The van der Waals surface area contributed by atoms with E-state index in [2.05, 4.69) is 6.92 Å². The molecular formula is C8H19BO2. The van der Waals surface area contributed by atoms with Gasteiger partial charge in [-0.1, -0.05) is 19.8 Å². The molecule has 0 spiro atoms. The molecule has 0 heterocycles. The standard InChI is InChI=1S/C8H19BO2/c1-4-7-8-9(10-5-2)11-6-3/h4-8H2,1-3H3. The molecule has 0 aromatic rings. The second-order valence-electron chi connectivity index (χ2n) is 2.48. The summed E-state index contributed by atoms with van der Waals surface area (Å²) in [4.78, 5) is 0. The Labute approximate surface area is 70.4 Å². The van der Waals surface area contributed by atoms with Crippen LogP contribution in [-0.4, -0.2) is 20.3 Å². The molecule has 0 unspecified atom stereocenters. The summed E-state index contributed by atoms with van der Waals surface area (Å²) in [6.07, 6.45) is 3.42. The van der Waals surface area contributed by atoms with Crippen LogP contribution in [0.1, 0.15) is 33.6 Å². The minimum Gasteiger partial charge on any atom is -0.411 e. The van der Waals surface area contributed by atoms with Crippen LogP contribution in [0, 0.1) is 0 Å². The predicted octanol–water partition coefficient (Wildman–Crippen LogP) is 2.35. The van der Waals surface area contributed by atoms with Gasteiger partial charge in [-0.25, -0.2) is 0 Å². The lowest BCUT2D eigenvalue weighted by Gasteiger charge is -2.11. The SMILES string of the molecule is CCCCB(OCC)OCC. The summed E-state index contributed by atoms with van der Waals surface area (Å²) in [6, 6.07) is 0. The van der Waals surface area contributed by atoms with Crippen LogP contribution in [0.25, 0.3) is 0 Å². The summed E-state index contributed by atoms with van der Waals surface area (Å²) < 4.78 is 10.7. The van der Waals surface area contributed by atoms with Gasteiger partial charge in [-0.3, -0.25) is 0 Å². The summed E-state index contributed by atoms with van der Waals surface area (Å²) >= 11 is 0. The Hall–Kier alpha value is -0.0151. The van der Waals surface area contributed by atoms with E-state index in [1.54, 1.807) is 0 Å². The molecular weight excluding hydrogens is 139 g/mol. The fourth-order valence-electron chi connectivity index (χ4n) is 0.957. The number of hydrogen-bond donors (Lipinski definition) is 0. The number of rotatable bonds is 7. The first kappa shape index (κ1) is 11.0. The fourth-order valence-corrected chi connectivity index (χ4v) is 0.957. The third kappa shape index (κ3) is 6.39. The molecule has 11 heavy (non-hydrogen) atoms. The molecule has 0 aromatic heterocycles. The molecule has 66 valence electrons. The molecule has 0 bridgehead atoms. The van der Waals surface area contributed by atoms with E-state index in [9.17, 15) is 0 Å². The van der Waals surface area contributed by atoms with Crippen LogP contribution >= 0.6 is 0 Å². The topological polar surface area (TPSA) is 18.5 Å². The highest BCUT2D eigenvalue weighted by atomic mass is 16.6. The van der Waals surface area contributed by atoms with E-state index in [1.165, 1.54) is 12.8 Å². The van der Waals surface area contributed by atoms with Crippen molar-refractivity contribution in [3.63, 3.8) is 0 Å². The molecule has 0 aliphatic carbocycles. The van der Waals surface area contributed by atoms with Crippen LogP contribution in [-0.2, 0) is 9.31 Å². The molecule has 0 aromatic carbocycles. The highest BCUT2D eigenvalue weighted by Crippen LogP contribution is 2.03. The van der Waals surface area contributed by atoms with Crippen LogP contribution in [0.3, 0.4) is 0 Å². The van der Waals surface area contributed by atoms with Gasteiger partial charge in [-0.05, 0) is 20.2 Å². The zero-order valence-electron chi connectivity index (χ0n) is 7.93. The van der Waals surface area contributed by atoms with Gasteiger partial charge in [0.05, 0.1) is 0 Å². The Balaban J connectivity index is 3.34. The van der Waals surface area contributed by atoms with Crippen molar-refractivity contribution in [1.82, 2.24) is 0 Å². The third-order valence-electron chi connectivity index (χ3n) is 1.50. The average molecular weight is 158 g/mol. The van der Waals surface area contributed by atoms with Crippen molar-refractivity contribution >= 4 is 7.12 Å². The predicted molar refractivity (Wildman–Crippen MR) is 48.7 cm³/mol. The lowest BCUT2D eigenvalue weighted by Crippen LogP contribution is -2.22. The highest BCUT2D eigenvalue weighted by molar-refractivity contribution is 6.44. The van der Waals surface area contributed by atoms with E-state index in [-0.39, 0.29) is 7.12 Å². The molecule has 0 atom stereocenters. The highest BCUT2D eigenvalue weighted by Gasteiger charge is 2.14. The Bertz CT molecular complexity index is 72.5. The van der Waals surface area contributed by atoms with Crippen LogP contribution in [0.15, 0.2) is 0 Å². The maximum absolute atomic E-state index is 5.36. The fraction of sp³-hybridized carbons (Fsp3) is 1.00. The van der Waals surface area contributed by atoms with Crippen molar-refractivity contribution in [2.45, 2.75) is 39.9 Å². The van der Waals surface area contributed by atoms with Crippen molar-refractivity contribution in [2.24, 2.45) is 0 Å². The molecule has 3 heteroatoms. The lowest BCUT2D eigenvalue weighted by molar-refractivity contribution is 0.213. The molecule has 0 saturated carbocycles. The largest absolute Gasteiger partial charge is 0.456 e. The molecule has 0 radical (unpaired) electrons. The van der Waals surface area contributed by atoms with Gasteiger partial charge >= 0.3 is 7.12 Å². The maximum atomic E-state index is 5.36. The van der Waals surface area contributed by atoms with Crippen LogP contribution in [0.4, 0.5) is 0 Å². The molecule has 0 aliphatic rings. The number of unbranched alkanes of at least 4 members (excludes halogenated alkanes) is 1. The summed E-state index contributed by atoms with van der Waals surface area (Å²) in [5.74, 6) is 0. The van der Waals surface area contributed by atoms with Crippen LogP contribution in [0.2, 0.25) is 6.32 Å². The molecule has 0 aliphatic heterocycles. The second kappa shape index (κ2) is 8.09. The van der Waals surface area contributed by atoms with E-state index in [0.717, 1.165) is 19.5 Å². The quantitative estimate of drug-likeness (QED) is 0.529. The molecule has 2 nitrogen and oxygen atoms in total. The second-order valence-corrected chi connectivity index (χ2v) is 2.48. The Kier molecular flexibility index (Phi) is 8.07. The minimum absolute atomic E-state index is 0.0324. The smallest absolute Gasteiger partial charge is 0.411 e. The molecule has 0 amide bonds. The monoisotopic (exact) mass is 158 g/mol. The molecule has 0 rings (SSSR count). The first-order chi connectivity index (χ1) is 5.35. The van der Waals surface area contributed by atoms with Crippen LogP contribution < -0.4 is 0 Å². The summed E-state index contributed by atoms with van der Waals surface area (Å²) in [5.41, 5.74) is 0. The van der Waals surface area contributed by atoms with Gasteiger partial charge in [0.15, 0.2) is 0 Å². The molecule has 0 fully saturated rings. The van der Waals surface area contributed by atoms with E-state index in [1.807, 2.05) is 13.8 Å². The van der Waals surface area contributed by atoms with Gasteiger partial charge in [0.25, 0.3) is 0 Å². The average Bonchev–Trinajstić information content (AvgIpc) is 2.01. The zero-order chi connectivity index (χ0) is 8.53. The summed E-state index contributed by atoms with van der Waals surface area (Å²) in [5, 5.41) is 0. The van der Waals surface area contributed by atoms with Gasteiger partial charge in [-0.15, -0.1) is 0 Å². The van der Waals surface area contributed by atoms with Crippen molar-refractivity contribution in [3.8, 4) is 0 Å². The maximum Gasteiger partial charge on any atom is 0.456 e. The Morgan fingerprint density at radius 1 is 1.00 bits per heavy atom. The van der Waals surface area contributed by atoms with Crippen molar-refractivity contribution < 1.29 is 9.31 Å². The third-order valence-corrected chi connectivity index (χ3v) is 1.50. The molecule has 0 saturated heterocycles. The van der Waals surface area contributed by atoms with Crippen LogP contribution in [0.5, 0.6) is 0 Å². The van der Waals surface area contributed by atoms with E-state index in [4.69, 9.17) is 9.31 Å². The lowest BCUT2D eigenvalue weighted by atomic mass is 9.82. The van der Waals surface area contributed by atoms with Crippen molar-refractivity contribution in [2.75, 3.05) is 13.2 Å². The summed E-state index contributed by atoms with van der Waals surface area (Å²) in [7, 11) is 0.0324. The summed E-state index contributed by atoms with van der Waals surface area (Å²) in [6.45, 7) is 7.66. The minimum atomic E-state index is 0.0324. The van der Waals surface area contributed by atoms with Crippen molar-refractivity contribution in [3.05, 3.63) is 0 Å². The van der Waals surface area contributed by atoms with Gasteiger partial charge in [0.2, 0.25) is 0 Å². The molecule has 0 N–H and O–H groups in total. The first-order valence-corrected chi connectivity index (χ1v) is 4.58. The normalized spacial score (nSPS) is 10.1. The zero-order valence-corrected chi connectivity index (χ0v) is 7.93. The van der Waals surface area contributed by atoms with E-state index in [0.29, 0.717) is 0 Å². The van der Waals surface area contributed by atoms with Crippen molar-refractivity contribution in [1.29, 1.82) is 0 Å². The Morgan fingerprint density at radius 2 is 1.55 bits per heavy atom. The van der Waals surface area contributed by atoms with Gasteiger partial charge in [-0.2, -0.15) is 0 Å². The number of hydrogen-bond acceptors (Lipinski definition) is 2. The first-order valence-electron chi connectivity index (χ1n) is 4.58. The van der Waals surface area contributed by atoms with E-state index < -0.39 is 0 Å². The van der Waals surface area contributed by atoms with E-state index >= 15 is 0 Å².